The van der Waals surface area contributed by atoms with Crippen molar-refractivity contribution in [3.63, 3.8) is 0 Å². The quantitative estimate of drug-likeness (QED) is 0.0274. The SMILES string of the molecule is CCCCCC/C=C\C/C=C\CCCCCCCCCC(=O)NC(COP(=O)(O)OCCN)C(O)/C=C/CCCCCCCCCCCCCCCCCC. The number of aliphatic hydroxyl groups is 1. The lowest BCUT2D eigenvalue weighted by Crippen LogP contribution is -2.45. The van der Waals surface area contributed by atoms with Crippen molar-refractivity contribution >= 4 is 13.7 Å². The van der Waals surface area contributed by atoms with Gasteiger partial charge in [0.1, 0.15) is 0 Å². The fraction of sp³-hybridized carbons (Fsp3) is 0.848. The summed E-state index contributed by atoms with van der Waals surface area (Å²) in [6.45, 7) is 4.13. The van der Waals surface area contributed by atoms with Crippen molar-refractivity contribution in [2.24, 2.45) is 5.73 Å². The number of rotatable bonds is 43. The number of unbranched alkanes of at least 4 members (excludes halogenated alkanes) is 27. The highest BCUT2D eigenvalue weighted by molar-refractivity contribution is 7.47. The predicted octanol–water partition coefficient (Wildman–Crippen LogP) is 13.1. The first kappa shape index (κ1) is 53.7. The van der Waals surface area contributed by atoms with Crippen molar-refractivity contribution in [1.82, 2.24) is 5.32 Å². The minimum Gasteiger partial charge on any atom is -0.387 e. The van der Waals surface area contributed by atoms with Gasteiger partial charge in [0.2, 0.25) is 5.91 Å². The van der Waals surface area contributed by atoms with E-state index in [-0.39, 0.29) is 25.7 Å². The summed E-state index contributed by atoms with van der Waals surface area (Å²) < 4.78 is 22.2. The Balaban J connectivity index is 4.19. The Bertz CT molecular complexity index is 959. The number of nitrogens with two attached hydrogens (primary N) is 1. The number of amides is 1. The van der Waals surface area contributed by atoms with Crippen LogP contribution in [0, 0.1) is 0 Å². The third-order valence-electron chi connectivity index (χ3n) is 10.2. The summed E-state index contributed by atoms with van der Waals surface area (Å²) in [5.74, 6) is -0.201. The van der Waals surface area contributed by atoms with Crippen molar-refractivity contribution in [1.29, 1.82) is 0 Å². The van der Waals surface area contributed by atoms with E-state index in [9.17, 15) is 19.4 Å². The van der Waals surface area contributed by atoms with E-state index in [0.717, 1.165) is 51.4 Å². The number of aliphatic hydroxyl groups excluding tert-OH is 1. The summed E-state index contributed by atoms with van der Waals surface area (Å²) in [4.78, 5) is 22.7. The molecule has 0 bridgehead atoms. The molecule has 0 saturated carbocycles. The zero-order valence-electron chi connectivity index (χ0n) is 35.9. The highest BCUT2D eigenvalue weighted by atomic mass is 31.2. The molecule has 324 valence electrons. The average molecular weight is 797 g/mol. The van der Waals surface area contributed by atoms with Gasteiger partial charge in [0.05, 0.1) is 25.4 Å². The first-order chi connectivity index (χ1) is 26.9. The van der Waals surface area contributed by atoms with Crippen LogP contribution in [0.4, 0.5) is 0 Å². The second-order valence-electron chi connectivity index (χ2n) is 15.6. The van der Waals surface area contributed by atoms with Crippen LogP contribution < -0.4 is 11.1 Å². The van der Waals surface area contributed by atoms with Gasteiger partial charge in [-0.15, -0.1) is 0 Å². The van der Waals surface area contributed by atoms with Gasteiger partial charge in [-0.25, -0.2) is 4.57 Å². The Morgan fingerprint density at radius 2 is 1.00 bits per heavy atom. The topological polar surface area (TPSA) is 131 Å². The Morgan fingerprint density at radius 3 is 1.45 bits per heavy atom. The molecule has 0 aromatic heterocycles. The molecule has 8 nitrogen and oxygen atoms in total. The maximum absolute atomic E-state index is 12.8. The van der Waals surface area contributed by atoms with E-state index in [2.05, 4.69) is 43.5 Å². The molecule has 0 radical (unpaired) electrons. The fourth-order valence-electron chi connectivity index (χ4n) is 6.69. The molecule has 0 rings (SSSR count). The minimum atomic E-state index is -4.34. The fourth-order valence-corrected chi connectivity index (χ4v) is 7.45. The van der Waals surface area contributed by atoms with E-state index in [0.29, 0.717) is 6.42 Å². The molecule has 0 aliphatic heterocycles. The van der Waals surface area contributed by atoms with Gasteiger partial charge < -0.3 is 21.1 Å². The third kappa shape index (κ3) is 40.7. The van der Waals surface area contributed by atoms with E-state index in [1.165, 1.54) is 148 Å². The van der Waals surface area contributed by atoms with E-state index in [1.54, 1.807) is 6.08 Å². The van der Waals surface area contributed by atoms with Crippen LogP contribution in [-0.4, -0.2) is 47.8 Å². The number of carbonyl (C=O) groups is 1. The molecule has 5 N–H and O–H groups in total. The maximum atomic E-state index is 12.8. The summed E-state index contributed by atoms with van der Waals surface area (Å²) in [5, 5.41) is 13.7. The first-order valence-corrected chi connectivity index (χ1v) is 24.6. The zero-order valence-corrected chi connectivity index (χ0v) is 36.8. The molecule has 3 atom stereocenters. The lowest BCUT2D eigenvalue weighted by molar-refractivity contribution is -0.123. The molecule has 0 spiro atoms. The van der Waals surface area contributed by atoms with Crippen LogP contribution in [0.25, 0.3) is 0 Å². The number of nitrogens with one attached hydrogen (secondary N) is 1. The van der Waals surface area contributed by atoms with Crippen molar-refractivity contribution in [2.45, 2.75) is 231 Å². The number of phosphoric ester groups is 1. The molecule has 0 fully saturated rings. The second-order valence-corrected chi connectivity index (χ2v) is 17.1. The summed E-state index contributed by atoms with van der Waals surface area (Å²) in [6.07, 6.45) is 50.5. The number of hydrogen-bond acceptors (Lipinski definition) is 6. The van der Waals surface area contributed by atoms with Gasteiger partial charge in [0, 0.05) is 13.0 Å². The molecule has 0 aliphatic rings. The summed E-state index contributed by atoms with van der Waals surface area (Å²) >= 11 is 0. The molecule has 55 heavy (non-hydrogen) atoms. The molecule has 0 aromatic carbocycles. The molecule has 0 heterocycles. The van der Waals surface area contributed by atoms with Gasteiger partial charge in [-0.1, -0.05) is 198 Å². The van der Waals surface area contributed by atoms with E-state index >= 15 is 0 Å². The summed E-state index contributed by atoms with van der Waals surface area (Å²) in [6, 6.07) is -0.864. The normalized spacial score (nSPS) is 14.3. The number of carbonyl (C=O) groups excluding carboxylic acids is 1. The van der Waals surface area contributed by atoms with Crippen molar-refractivity contribution in [3.05, 3.63) is 36.5 Å². The monoisotopic (exact) mass is 797 g/mol. The third-order valence-corrected chi connectivity index (χ3v) is 11.2. The average Bonchev–Trinajstić information content (AvgIpc) is 3.17. The Hall–Kier alpha value is -1.28. The largest absolute Gasteiger partial charge is 0.472 e. The molecule has 0 saturated heterocycles. The molecular weight excluding hydrogens is 707 g/mol. The van der Waals surface area contributed by atoms with Crippen molar-refractivity contribution in [3.8, 4) is 0 Å². The molecule has 0 aromatic rings. The summed E-state index contributed by atoms with van der Waals surface area (Å²) in [5.41, 5.74) is 5.38. The highest BCUT2D eigenvalue weighted by Gasteiger charge is 2.26. The summed E-state index contributed by atoms with van der Waals surface area (Å²) in [7, 11) is -4.34. The molecule has 1 amide bonds. The molecule has 9 heteroatoms. The van der Waals surface area contributed by atoms with Gasteiger partial charge >= 0.3 is 7.82 Å². The van der Waals surface area contributed by atoms with Gasteiger partial charge in [-0.2, -0.15) is 0 Å². The smallest absolute Gasteiger partial charge is 0.387 e. The van der Waals surface area contributed by atoms with Crippen LogP contribution in [0.3, 0.4) is 0 Å². The van der Waals surface area contributed by atoms with Crippen molar-refractivity contribution < 1.29 is 28.4 Å². The van der Waals surface area contributed by atoms with E-state index < -0.39 is 20.0 Å². The van der Waals surface area contributed by atoms with Crippen LogP contribution >= 0.6 is 7.82 Å². The number of phosphoric acid groups is 1. The van der Waals surface area contributed by atoms with Crippen molar-refractivity contribution in [2.75, 3.05) is 19.8 Å². The van der Waals surface area contributed by atoms with Crippen LogP contribution in [0.15, 0.2) is 36.5 Å². The molecular formula is C46H89N2O6P. The van der Waals surface area contributed by atoms with Crippen LogP contribution in [0.2, 0.25) is 0 Å². The maximum Gasteiger partial charge on any atom is 0.472 e. The Morgan fingerprint density at radius 1 is 0.600 bits per heavy atom. The lowest BCUT2D eigenvalue weighted by atomic mass is 10.0. The first-order valence-electron chi connectivity index (χ1n) is 23.1. The minimum absolute atomic E-state index is 0.0769. The number of allylic oxidation sites excluding steroid dienone is 5. The lowest BCUT2D eigenvalue weighted by Gasteiger charge is -2.23. The van der Waals surface area contributed by atoms with E-state index in [4.69, 9.17) is 14.8 Å². The molecule has 0 aliphatic carbocycles. The zero-order chi connectivity index (χ0) is 40.3. The highest BCUT2D eigenvalue weighted by Crippen LogP contribution is 2.43. The van der Waals surface area contributed by atoms with Gasteiger partial charge in [0.15, 0.2) is 0 Å². The second kappa shape index (κ2) is 42.3. The van der Waals surface area contributed by atoms with Crippen LogP contribution in [-0.2, 0) is 18.4 Å². The van der Waals surface area contributed by atoms with Gasteiger partial charge in [-0.05, 0) is 51.4 Å². The van der Waals surface area contributed by atoms with Crippen LogP contribution in [0.1, 0.15) is 219 Å². The Labute approximate surface area is 340 Å². The van der Waals surface area contributed by atoms with Gasteiger partial charge in [0.25, 0.3) is 0 Å². The van der Waals surface area contributed by atoms with Crippen LogP contribution in [0.5, 0.6) is 0 Å². The Kier molecular flexibility index (Phi) is 41.3. The predicted molar refractivity (Wildman–Crippen MR) is 235 cm³/mol. The standard InChI is InChI=1S/C46H89N2O6P/c1-3-5-7-9-11-13-15-17-19-21-23-25-27-29-31-33-35-37-39-45(49)44(43-54-55(51,52)53-42-41-47)48-46(50)40-38-36-34-32-30-28-26-24-22-20-18-16-14-12-10-8-6-4-2/h14,16,20,22,37,39,44-45,49H,3-13,15,17-19,21,23-36,38,40-43,47H2,1-2H3,(H,48,50)(H,51,52)/b16-14-,22-20-,39-37+. The number of hydrogen-bond donors (Lipinski definition) is 4. The molecule has 3 unspecified atom stereocenters. The van der Waals surface area contributed by atoms with E-state index in [1.807, 2.05) is 6.08 Å². The van der Waals surface area contributed by atoms with Gasteiger partial charge in [-0.3, -0.25) is 13.8 Å².